The molecule has 0 aliphatic heterocycles. The van der Waals surface area contributed by atoms with Gasteiger partial charge in [-0.15, -0.1) is 0 Å². The van der Waals surface area contributed by atoms with Gasteiger partial charge in [-0.3, -0.25) is 0 Å². The average molecular weight is 165 g/mol. The third-order valence-corrected chi connectivity index (χ3v) is 2.12. The minimum absolute atomic E-state index is 0.626. The molecule has 0 saturated heterocycles. The Kier molecular flexibility index (Phi) is 6.84. The summed E-state index contributed by atoms with van der Waals surface area (Å²) in [6.45, 7) is 8.62. The lowest BCUT2D eigenvalue weighted by Crippen LogP contribution is -1.97. The molecule has 1 unspecified atom stereocenters. The molecular formula is C12H21. The maximum absolute atomic E-state index is 2.36. The Morgan fingerprint density at radius 3 is 2.25 bits per heavy atom. The van der Waals surface area contributed by atoms with Crippen molar-refractivity contribution in [3.05, 3.63) is 30.2 Å². The number of hydrogen-bond acceptors (Lipinski definition) is 0. The second-order valence-electron chi connectivity index (χ2n) is 2.98. The van der Waals surface area contributed by atoms with E-state index in [1.165, 1.54) is 12.0 Å². The quantitative estimate of drug-likeness (QED) is 0.537. The van der Waals surface area contributed by atoms with Crippen molar-refractivity contribution in [2.24, 2.45) is 5.92 Å². The van der Waals surface area contributed by atoms with E-state index in [0.717, 1.165) is 6.42 Å². The first-order valence-electron chi connectivity index (χ1n) is 4.91. The first-order chi connectivity index (χ1) is 5.78. The van der Waals surface area contributed by atoms with Crippen molar-refractivity contribution in [2.75, 3.05) is 0 Å². The van der Waals surface area contributed by atoms with Crippen LogP contribution >= 0.6 is 0 Å². The van der Waals surface area contributed by atoms with Gasteiger partial charge in [0.05, 0.1) is 0 Å². The zero-order valence-electron chi connectivity index (χ0n) is 8.80. The fourth-order valence-electron chi connectivity index (χ4n) is 1.25. The highest BCUT2D eigenvalue weighted by Crippen LogP contribution is 2.17. The summed E-state index contributed by atoms with van der Waals surface area (Å²) in [5.41, 5.74) is 1.46. The Bertz CT molecular complexity index is 151. The van der Waals surface area contributed by atoms with Crippen LogP contribution in [0.5, 0.6) is 0 Å². The van der Waals surface area contributed by atoms with Crippen molar-refractivity contribution < 1.29 is 0 Å². The van der Waals surface area contributed by atoms with Gasteiger partial charge in [0, 0.05) is 0 Å². The van der Waals surface area contributed by atoms with Crippen LogP contribution in [0.25, 0.3) is 0 Å². The standard InChI is InChI=1S/C12H21/c1-5-9-12(8-4)10-11(6-2)7-3/h5-6,9-10,12H,7-8H2,1-4H3/b9-5?,11-6+. The molecule has 0 saturated carbocycles. The Labute approximate surface area is 77.4 Å². The molecule has 0 amide bonds. The van der Waals surface area contributed by atoms with E-state index in [-0.39, 0.29) is 0 Å². The molecule has 0 heteroatoms. The van der Waals surface area contributed by atoms with Crippen LogP contribution in [0.2, 0.25) is 0 Å². The highest BCUT2D eigenvalue weighted by molar-refractivity contribution is 5.16. The molecule has 0 spiro atoms. The van der Waals surface area contributed by atoms with E-state index in [9.17, 15) is 0 Å². The van der Waals surface area contributed by atoms with E-state index in [2.05, 4.69) is 52.3 Å². The number of hydrogen-bond donors (Lipinski definition) is 0. The number of allylic oxidation sites excluding steroid dienone is 4. The van der Waals surface area contributed by atoms with Crippen molar-refractivity contribution >= 4 is 0 Å². The van der Waals surface area contributed by atoms with Crippen molar-refractivity contribution in [1.29, 1.82) is 0 Å². The third kappa shape index (κ3) is 4.38. The molecule has 0 rings (SSSR count). The fourth-order valence-corrected chi connectivity index (χ4v) is 1.25. The molecule has 0 aliphatic rings. The monoisotopic (exact) mass is 165 g/mol. The van der Waals surface area contributed by atoms with Gasteiger partial charge in [0.1, 0.15) is 0 Å². The Hall–Kier alpha value is -0.520. The minimum Gasteiger partial charge on any atom is -0.0914 e. The Morgan fingerprint density at radius 1 is 1.25 bits per heavy atom. The molecule has 0 bridgehead atoms. The summed E-state index contributed by atoms with van der Waals surface area (Å²) in [7, 11) is 0. The van der Waals surface area contributed by atoms with Gasteiger partial charge in [-0.2, -0.15) is 0 Å². The van der Waals surface area contributed by atoms with Crippen LogP contribution in [0.3, 0.4) is 0 Å². The summed E-state index contributed by atoms with van der Waals surface area (Å²) < 4.78 is 0. The maximum Gasteiger partial charge on any atom is -0.00693 e. The molecule has 0 aromatic heterocycles. The fraction of sp³-hybridized carbons (Fsp3) is 0.583. The lowest BCUT2D eigenvalue weighted by Gasteiger charge is -2.10. The largest absolute Gasteiger partial charge is 0.0914 e. The van der Waals surface area contributed by atoms with Gasteiger partial charge >= 0.3 is 0 Å². The van der Waals surface area contributed by atoms with Crippen LogP contribution in [0, 0.1) is 12.3 Å². The highest BCUT2D eigenvalue weighted by atomic mass is 14.1. The van der Waals surface area contributed by atoms with Gasteiger partial charge in [0.25, 0.3) is 0 Å². The van der Waals surface area contributed by atoms with Crippen molar-refractivity contribution in [1.82, 2.24) is 0 Å². The SMILES string of the molecule is CC=CC([CH]/C(=C/C)CC)CC. The van der Waals surface area contributed by atoms with Crippen LogP contribution in [0.4, 0.5) is 0 Å². The molecule has 1 radical (unpaired) electrons. The van der Waals surface area contributed by atoms with Gasteiger partial charge in [-0.05, 0) is 39.0 Å². The molecule has 69 valence electrons. The molecule has 12 heavy (non-hydrogen) atoms. The van der Waals surface area contributed by atoms with Gasteiger partial charge in [-0.1, -0.05) is 37.6 Å². The van der Waals surface area contributed by atoms with Crippen molar-refractivity contribution in [2.45, 2.75) is 40.5 Å². The second kappa shape index (κ2) is 7.15. The summed E-state index contributed by atoms with van der Waals surface area (Å²) in [4.78, 5) is 0. The normalized spacial score (nSPS) is 15.5. The number of rotatable bonds is 5. The van der Waals surface area contributed by atoms with Crippen LogP contribution < -0.4 is 0 Å². The second-order valence-corrected chi connectivity index (χ2v) is 2.98. The van der Waals surface area contributed by atoms with E-state index < -0.39 is 0 Å². The van der Waals surface area contributed by atoms with E-state index in [1.54, 1.807) is 0 Å². The predicted octanol–water partition coefficient (Wildman–Crippen LogP) is 4.15. The molecule has 0 aromatic carbocycles. The van der Waals surface area contributed by atoms with Gasteiger partial charge < -0.3 is 0 Å². The predicted molar refractivity (Wildman–Crippen MR) is 56.9 cm³/mol. The molecular weight excluding hydrogens is 144 g/mol. The molecule has 0 aromatic rings. The van der Waals surface area contributed by atoms with Crippen molar-refractivity contribution in [3.63, 3.8) is 0 Å². The first-order valence-corrected chi connectivity index (χ1v) is 4.91. The van der Waals surface area contributed by atoms with Crippen LogP contribution in [-0.2, 0) is 0 Å². The first kappa shape index (κ1) is 11.5. The average Bonchev–Trinajstić information content (AvgIpc) is 2.12. The molecule has 0 N–H and O–H groups in total. The molecule has 0 aliphatic carbocycles. The van der Waals surface area contributed by atoms with Crippen LogP contribution in [-0.4, -0.2) is 0 Å². The summed E-state index contributed by atoms with van der Waals surface area (Å²) in [5.74, 6) is 0.626. The van der Waals surface area contributed by atoms with Crippen LogP contribution in [0.15, 0.2) is 23.8 Å². The molecule has 0 nitrogen and oxygen atoms in total. The Balaban J connectivity index is 4.00. The van der Waals surface area contributed by atoms with E-state index in [4.69, 9.17) is 0 Å². The van der Waals surface area contributed by atoms with E-state index >= 15 is 0 Å². The highest BCUT2D eigenvalue weighted by Gasteiger charge is 2.03. The molecule has 0 fully saturated rings. The minimum atomic E-state index is 0.626. The summed E-state index contributed by atoms with van der Waals surface area (Å²) >= 11 is 0. The molecule has 1 atom stereocenters. The van der Waals surface area contributed by atoms with Gasteiger partial charge in [0.2, 0.25) is 0 Å². The zero-order valence-corrected chi connectivity index (χ0v) is 8.80. The van der Waals surface area contributed by atoms with E-state index in [1.807, 2.05) is 0 Å². The smallest absolute Gasteiger partial charge is 0.00693 e. The lowest BCUT2D eigenvalue weighted by molar-refractivity contribution is 0.718. The molecule has 0 heterocycles. The Morgan fingerprint density at radius 2 is 1.92 bits per heavy atom. The zero-order chi connectivity index (χ0) is 9.40. The van der Waals surface area contributed by atoms with Gasteiger partial charge in [-0.25, -0.2) is 0 Å². The lowest BCUT2D eigenvalue weighted by atomic mass is 9.95. The topological polar surface area (TPSA) is 0 Å². The van der Waals surface area contributed by atoms with Crippen molar-refractivity contribution in [3.8, 4) is 0 Å². The third-order valence-electron chi connectivity index (χ3n) is 2.12. The maximum atomic E-state index is 2.36. The van der Waals surface area contributed by atoms with Gasteiger partial charge in [0.15, 0.2) is 0 Å². The van der Waals surface area contributed by atoms with E-state index in [0.29, 0.717) is 5.92 Å². The summed E-state index contributed by atoms with van der Waals surface area (Å²) in [6.07, 6.45) is 11.3. The van der Waals surface area contributed by atoms with Crippen LogP contribution in [0.1, 0.15) is 40.5 Å². The summed E-state index contributed by atoms with van der Waals surface area (Å²) in [5, 5.41) is 0. The summed E-state index contributed by atoms with van der Waals surface area (Å²) in [6, 6.07) is 0.